The molecule has 0 saturated carbocycles. The van der Waals surface area contributed by atoms with E-state index in [0.29, 0.717) is 12.2 Å². The molecule has 6 nitrogen and oxygen atoms in total. The van der Waals surface area contributed by atoms with Crippen LogP contribution in [0.5, 0.6) is 5.75 Å². The Balaban J connectivity index is 1.69. The van der Waals surface area contributed by atoms with Crippen LogP contribution in [0.2, 0.25) is 0 Å². The Bertz CT molecular complexity index is 980. The largest absolute Gasteiger partial charge is 0.497 e. The lowest BCUT2D eigenvalue weighted by molar-refractivity contribution is 0.415. The fourth-order valence-electron chi connectivity index (χ4n) is 2.71. The van der Waals surface area contributed by atoms with Crippen LogP contribution in [0, 0.1) is 0 Å². The lowest BCUT2D eigenvalue weighted by Crippen LogP contribution is -2.02. The molecule has 4 rings (SSSR count). The Morgan fingerprint density at radius 1 is 0.960 bits per heavy atom. The summed E-state index contributed by atoms with van der Waals surface area (Å²) in [6.07, 6.45) is 3.32. The molecule has 0 bridgehead atoms. The molecule has 1 N–H and O–H groups in total. The Morgan fingerprint density at radius 2 is 1.76 bits per heavy atom. The van der Waals surface area contributed by atoms with Crippen LogP contribution in [0.15, 0.2) is 67.3 Å². The number of rotatable bonds is 5. The number of methoxy groups -OCH3 is 1. The Hall–Kier alpha value is -3.41. The van der Waals surface area contributed by atoms with Gasteiger partial charge in [-0.3, -0.25) is 0 Å². The molecule has 4 aromatic rings. The first-order chi connectivity index (χ1) is 12.3. The quantitative estimate of drug-likeness (QED) is 0.605. The number of benzene rings is 2. The number of fused-ring (bicyclic) bond motifs is 1. The number of ether oxygens (including phenoxy) is 1. The van der Waals surface area contributed by atoms with E-state index in [1.807, 2.05) is 42.5 Å². The molecule has 124 valence electrons. The summed E-state index contributed by atoms with van der Waals surface area (Å²) in [7, 11) is 1.65. The SMILES string of the molecule is COc1ccc(Nc2ncnc3ncn(Cc4ccccc4)c23)cc1. The molecule has 2 aromatic carbocycles. The molecule has 2 heterocycles. The predicted molar refractivity (Wildman–Crippen MR) is 97.1 cm³/mol. The second-order valence-electron chi connectivity index (χ2n) is 5.61. The number of anilines is 2. The van der Waals surface area contributed by atoms with Gasteiger partial charge >= 0.3 is 0 Å². The third-order valence-corrected chi connectivity index (χ3v) is 3.96. The van der Waals surface area contributed by atoms with Gasteiger partial charge in [0.1, 0.15) is 17.6 Å². The van der Waals surface area contributed by atoms with Crippen LogP contribution in [0.25, 0.3) is 11.2 Å². The van der Waals surface area contributed by atoms with Crippen LogP contribution >= 0.6 is 0 Å². The molecule has 0 aliphatic rings. The van der Waals surface area contributed by atoms with Crippen LogP contribution in [-0.4, -0.2) is 26.6 Å². The number of hydrogen-bond acceptors (Lipinski definition) is 5. The van der Waals surface area contributed by atoms with Gasteiger partial charge in [-0.1, -0.05) is 30.3 Å². The summed E-state index contributed by atoms with van der Waals surface area (Å²) in [6.45, 7) is 0.710. The average Bonchev–Trinajstić information content (AvgIpc) is 3.07. The molecule has 0 atom stereocenters. The van der Waals surface area contributed by atoms with Crippen molar-refractivity contribution in [2.75, 3.05) is 12.4 Å². The second-order valence-corrected chi connectivity index (χ2v) is 5.61. The summed E-state index contributed by atoms with van der Waals surface area (Å²) in [5, 5.41) is 3.34. The third kappa shape index (κ3) is 3.14. The van der Waals surface area contributed by atoms with Crippen molar-refractivity contribution in [3.8, 4) is 5.75 Å². The summed E-state index contributed by atoms with van der Waals surface area (Å²) in [5.41, 5.74) is 3.67. The molecule has 0 aliphatic carbocycles. The zero-order valence-corrected chi connectivity index (χ0v) is 13.8. The van der Waals surface area contributed by atoms with Crippen molar-refractivity contribution in [2.45, 2.75) is 6.54 Å². The fourth-order valence-corrected chi connectivity index (χ4v) is 2.71. The highest BCUT2D eigenvalue weighted by Gasteiger charge is 2.11. The molecule has 0 radical (unpaired) electrons. The van der Waals surface area contributed by atoms with Crippen molar-refractivity contribution in [3.05, 3.63) is 72.8 Å². The number of hydrogen-bond donors (Lipinski definition) is 1. The van der Waals surface area contributed by atoms with Gasteiger partial charge in [0.25, 0.3) is 0 Å². The van der Waals surface area contributed by atoms with Gasteiger partial charge < -0.3 is 14.6 Å². The zero-order valence-electron chi connectivity index (χ0n) is 13.8. The third-order valence-electron chi connectivity index (χ3n) is 3.96. The second kappa shape index (κ2) is 6.60. The molecular weight excluding hydrogens is 314 g/mol. The highest BCUT2D eigenvalue weighted by atomic mass is 16.5. The standard InChI is InChI=1S/C19H17N5O/c1-25-16-9-7-15(8-10-16)23-19-17-18(20-12-21-19)22-13-24(17)11-14-5-3-2-4-6-14/h2-10,12-13H,11H2,1H3,(H,20,21,23). The zero-order chi connectivity index (χ0) is 17.1. The van der Waals surface area contributed by atoms with E-state index >= 15 is 0 Å². The van der Waals surface area contributed by atoms with E-state index in [1.54, 1.807) is 13.4 Å². The number of nitrogens with zero attached hydrogens (tertiary/aromatic N) is 4. The molecule has 0 fully saturated rings. The maximum absolute atomic E-state index is 5.20. The first-order valence-electron chi connectivity index (χ1n) is 7.94. The van der Waals surface area contributed by atoms with Crippen molar-refractivity contribution in [3.63, 3.8) is 0 Å². The molecule has 0 saturated heterocycles. The number of nitrogens with one attached hydrogen (secondary N) is 1. The Kier molecular flexibility index (Phi) is 4.00. The minimum atomic E-state index is 0.668. The maximum atomic E-state index is 5.20. The van der Waals surface area contributed by atoms with Gasteiger partial charge in [-0.2, -0.15) is 0 Å². The lowest BCUT2D eigenvalue weighted by atomic mass is 10.2. The van der Waals surface area contributed by atoms with Crippen molar-refractivity contribution in [1.82, 2.24) is 19.5 Å². The first-order valence-corrected chi connectivity index (χ1v) is 7.94. The summed E-state index contributed by atoms with van der Waals surface area (Å²) < 4.78 is 7.25. The predicted octanol–water partition coefficient (Wildman–Crippen LogP) is 3.63. The van der Waals surface area contributed by atoms with E-state index in [-0.39, 0.29) is 0 Å². The van der Waals surface area contributed by atoms with Crippen LogP contribution in [-0.2, 0) is 6.54 Å². The van der Waals surface area contributed by atoms with E-state index in [2.05, 4.69) is 37.0 Å². The minimum Gasteiger partial charge on any atom is -0.497 e. The van der Waals surface area contributed by atoms with Gasteiger partial charge in [0, 0.05) is 12.2 Å². The van der Waals surface area contributed by atoms with Crippen molar-refractivity contribution < 1.29 is 4.74 Å². The average molecular weight is 331 g/mol. The molecule has 0 amide bonds. The van der Waals surface area contributed by atoms with Gasteiger partial charge in [-0.25, -0.2) is 15.0 Å². The normalized spacial score (nSPS) is 10.8. The lowest BCUT2D eigenvalue weighted by Gasteiger charge is -2.10. The van der Waals surface area contributed by atoms with E-state index < -0.39 is 0 Å². The molecule has 0 unspecified atom stereocenters. The van der Waals surface area contributed by atoms with Crippen molar-refractivity contribution >= 4 is 22.7 Å². The number of imidazole rings is 1. The molecule has 0 aliphatic heterocycles. The smallest absolute Gasteiger partial charge is 0.182 e. The monoisotopic (exact) mass is 331 g/mol. The van der Waals surface area contributed by atoms with Crippen LogP contribution < -0.4 is 10.1 Å². The van der Waals surface area contributed by atoms with Gasteiger partial charge in [0.15, 0.2) is 11.5 Å². The molecule has 6 heteroatoms. The maximum Gasteiger partial charge on any atom is 0.182 e. The summed E-state index contributed by atoms with van der Waals surface area (Å²) in [4.78, 5) is 13.1. The van der Waals surface area contributed by atoms with Crippen LogP contribution in [0.3, 0.4) is 0 Å². The van der Waals surface area contributed by atoms with Gasteiger partial charge in [0.05, 0.1) is 13.4 Å². The van der Waals surface area contributed by atoms with Crippen molar-refractivity contribution in [1.29, 1.82) is 0 Å². The highest BCUT2D eigenvalue weighted by molar-refractivity contribution is 5.85. The Labute approximate surface area is 145 Å². The van der Waals surface area contributed by atoms with E-state index in [4.69, 9.17) is 4.74 Å². The topological polar surface area (TPSA) is 64.9 Å². The fraction of sp³-hybridized carbons (Fsp3) is 0.105. The highest BCUT2D eigenvalue weighted by Crippen LogP contribution is 2.24. The molecular formula is C19H17N5O. The van der Waals surface area contributed by atoms with Crippen molar-refractivity contribution in [2.24, 2.45) is 0 Å². The Morgan fingerprint density at radius 3 is 2.52 bits per heavy atom. The number of aromatic nitrogens is 4. The van der Waals surface area contributed by atoms with Crippen LogP contribution in [0.4, 0.5) is 11.5 Å². The van der Waals surface area contributed by atoms with Crippen LogP contribution in [0.1, 0.15) is 5.56 Å². The molecule has 25 heavy (non-hydrogen) atoms. The van der Waals surface area contributed by atoms with E-state index in [1.165, 1.54) is 11.9 Å². The summed E-state index contributed by atoms with van der Waals surface area (Å²) in [6, 6.07) is 18.0. The molecule has 2 aromatic heterocycles. The minimum absolute atomic E-state index is 0.668. The molecule has 0 spiro atoms. The summed E-state index contributed by atoms with van der Waals surface area (Å²) in [5.74, 6) is 1.54. The van der Waals surface area contributed by atoms with Gasteiger partial charge in [-0.05, 0) is 29.8 Å². The van der Waals surface area contributed by atoms with E-state index in [9.17, 15) is 0 Å². The first kappa shape index (κ1) is 15.1. The summed E-state index contributed by atoms with van der Waals surface area (Å²) >= 11 is 0. The van der Waals surface area contributed by atoms with Gasteiger partial charge in [-0.15, -0.1) is 0 Å². The van der Waals surface area contributed by atoms with E-state index in [0.717, 1.165) is 22.8 Å². The van der Waals surface area contributed by atoms with Gasteiger partial charge in [0.2, 0.25) is 0 Å².